The molecule has 2 saturated heterocycles. The van der Waals surface area contributed by atoms with Crippen LogP contribution in [0.15, 0.2) is 18.2 Å². The van der Waals surface area contributed by atoms with E-state index in [1.165, 1.54) is 7.11 Å². The molecule has 0 aliphatic carbocycles. The molecule has 0 radical (unpaired) electrons. The summed E-state index contributed by atoms with van der Waals surface area (Å²) in [6.07, 6.45) is 2.81. The van der Waals surface area contributed by atoms with Gasteiger partial charge in [-0.05, 0) is 44.4 Å². The maximum absolute atomic E-state index is 13.1. The third kappa shape index (κ3) is 4.41. The average Bonchev–Trinajstić information content (AvgIpc) is 3.30. The predicted octanol–water partition coefficient (Wildman–Crippen LogP) is 2.08. The smallest absolute Gasteiger partial charge is 0.258 e. The van der Waals surface area contributed by atoms with Crippen molar-refractivity contribution in [1.29, 1.82) is 0 Å². The molecule has 2 fully saturated rings. The summed E-state index contributed by atoms with van der Waals surface area (Å²) in [5.74, 6) is 0.110. The molecule has 3 amide bonds. The van der Waals surface area contributed by atoms with Crippen molar-refractivity contribution in [3.63, 3.8) is 0 Å². The quantitative estimate of drug-likeness (QED) is 0.783. The molecule has 0 unspecified atom stereocenters. The number of nitrogens with one attached hydrogen (secondary N) is 1. The van der Waals surface area contributed by atoms with Crippen LogP contribution in [0.3, 0.4) is 0 Å². The van der Waals surface area contributed by atoms with Crippen LogP contribution in [0.5, 0.6) is 5.75 Å². The van der Waals surface area contributed by atoms with Crippen molar-refractivity contribution < 1.29 is 19.1 Å². The number of benzene rings is 1. The van der Waals surface area contributed by atoms with E-state index in [1.54, 1.807) is 28.0 Å². The molecule has 1 aromatic rings. The molecular formula is C20H26ClN3O4. The van der Waals surface area contributed by atoms with Gasteiger partial charge in [0.2, 0.25) is 11.8 Å². The van der Waals surface area contributed by atoms with Crippen LogP contribution in [0.4, 0.5) is 0 Å². The van der Waals surface area contributed by atoms with Crippen molar-refractivity contribution in [3.8, 4) is 5.75 Å². The van der Waals surface area contributed by atoms with Crippen molar-refractivity contribution in [2.24, 2.45) is 0 Å². The van der Waals surface area contributed by atoms with E-state index in [0.29, 0.717) is 42.3 Å². The van der Waals surface area contributed by atoms with E-state index in [-0.39, 0.29) is 23.8 Å². The van der Waals surface area contributed by atoms with E-state index in [1.807, 2.05) is 6.92 Å². The van der Waals surface area contributed by atoms with Crippen molar-refractivity contribution in [3.05, 3.63) is 28.8 Å². The SMILES string of the molecule is COc1ccc(Cl)cc1C(=O)N1CCC[C@@H]1C(=O)N[C@H](C)CN1CCCC1=O. The monoisotopic (exact) mass is 407 g/mol. The Morgan fingerprint density at radius 3 is 2.79 bits per heavy atom. The lowest BCUT2D eigenvalue weighted by Gasteiger charge is -2.27. The van der Waals surface area contributed by atoms with Crippen LogP contribution in [0.1, 0.15) is 43.0 Å². The summed E-state index contributed by atoms with van der Waals surface area (Å²) in [5.41, 5.74) is 0.352. The number of rotatable bonds is 6. The highest BCUT2D eigenvalue weighted by Gasteiger charge is 2.36. The summed E-state index contributed by atoms with van der Waals surface area (Å²) in [4.78, 5) is 41.0. The Hall–Kier alpha value is -2.28. The molecular weight excluding hydrogens is 382 g/mol. The summed E-state index contributed by atoms with van der Waals surface area (Å²) in [6.45, 7) is 3.62. The molecule has 2 atom stereocenters. The lowest BCUT2D eigenvalue weighted by molar-refractivity contribution is -0.129. The zero-order valence-corrected chi connectivity index (χ0v) is 17.0. The molecule has 1 aromatic carbocycles. The summed E-state index contributed by atoms with van der Waals surface area (Å²) in [5, 5.41) is 3.40. The van der Waals surface area contributed by atoms with Crippen LogP contribution in [0, 0.1) is 0 Å². The Labute approximate surface area is 169 Å². The number of carbonyl (C=O) groups is 3. The Bertz CT molecular complexity index is 770. The molecule has 0 spiro atoms. The maximum atomic E-state index is 13.1. The zero-order chi connectivity index (χ0) is 20.3. The van der Waals surface area contributed by atoms with E-state index < -0.39 is 6.04 Å². The number of likely N-dealkylation sites (tertiary alicyclic amines) is 2. The fraction of sp³-hybridized carbons (Fsp3) is 0.550. The minimum absolute atomic E-state index is 0.131. The number of methoxy groups -OCH3 is 1. The molecule has 28 heavy (non-hydrogen) atoms. The summed E-state index contributed by atoms with van der Waals surface area (Å²) in [6, 6.07) is 4.17. The van der Waals surface area contributed by atoms with Gasteiger partial charge in [-0.15, -0.1) is 0 Å². The molecule has 1 N–H and O–H groups in total. The van der Waals surface area contributed by atoms with Gasteiger partial charge in [0.25, 0.3) is 5.91 Å². The number of halogens is 1. The van der Waals surface area contributed by atoms with Gasteiger partial charge in [-0.1, -0.05) is 11.6 Å². The first-order valence-electron chi connectivity index (χ1n) is 9.63. The van der Waals surface area contributed by atoms with Gasteiger partial charge in [-0.2, -0.15) is 0 Å². The lowest BCUT2D eigenvalue weighted by Crippen LogP contribution is -2.50. The van der Waals surface area contributed by atoms with Gasteiger partial charge in [0, 0.05) is 37.1 Å². The van der Waals surface area contributed by atoms with Crippen LogP contribution >= 0.6 is 11.6 Å². The van der Waals surface area contributed by atoms with Crippen LogP contribution in [0.25, 0.3) is 0 Å². The minimum Gasteiger partial charge on any atom is -0.496 e. The summed E-state index contributed by atoms with van der Waals surface area (Å²) in [7, 11) is 1.50. The van der Waals surface area contributed by atoms with E-state index in [9.17, 15) is 14.4 Å². The van der Waals surface area contributed by atoms with Crippen LogP contribution in [-0.2, 0) is 9.59 Å². The maximum Gasteiger partial charge on any atom is 0.258 e. The summed E-state index contributed by atoms with van der Waals surface area (Å²) >= 11 is 6.05. The predicted molar refractivity (Wildman–Crippen MR) is 105 cm³/mol. The molecule has 0 saturated carbocycles. The molecule has 0 bridgehead atoms. The van der Waals surface area contributed by atoms with Crippen molar-refractivity contribution >= 4 is 29.3 Å². The molecule has 7 nitrogen and oxygen atoms in total. The molecule has 0 aromatic heterocycles. The molecule has 2 heterocycles. The van der Waals surface area contributed by atoms with Gasteiger partial charge in [0.1, 0.15) is 11.8 Å². The topological polar surface area (TPSA) is 79.0 Å². The number of ether oxygens (including phenoxy) is 1. The Balaban J connectivity index is 1.66. The van der Waals surface area contributed by atoms with Crippen LogP contribution in [0.2, 0.25) is 5.02 Å². The molecule has 2 aliphatic rings. The van der Waals surface area contributed by atoms with Gasteiger partial charge in [0.05, 0.1) is 12.7 Å². The van der Waals surface area contributed by atoms with Gasteiger partial charge in [-0.3, -0.25) is 14.4 Å². The second-order valence-corrected chi connectivity index (χ2v) is 7.79. The fourth-order valence-corrected chi connectivity index (χ4v) is 4.07. The van der Waals surface area contributed by atoms with E-state index in [4.69, 9.17) is 16.3 Å². The Kier molecular flexibility index (Phi) is 6.44. The standard InChI is InChI=1S/C20H26ClN3O4/c1-13(12-23-9-4-6-18(23)25)22-19(26)16-5-3-10-24(16)20(27)15-11-14(21)7-8-17(15)28-2/h7-8,11,13,16H,3-6,9-10,12H2,1-2H3,(H,22,26)/t13-,16-/m1/s1. The highest BCUT2D eigenvalue weighted by atomic mass is 35.5. The zero-order valence-electron chi connectivity index (χ0n) is 16.2. The first kappa shape index (κ1) is 20.5. The number of nitrogens with zero attached hydrogens (tertiary/aromatic N) is 2. The van der Waals surface area contributed by atoms with Gasteiger partial charge in [-0.25, -0.2) is 0 Å². The Morgan fingerprint density at radius 1 is 1.32 bits per heavy atom. The average molecular weight is 408 g/mol. The molecule has 8 heteroatoms. The molecule has 152 valence electrons. The van der Waals surface area contributed by atoms with E-state index in [2.05, 4.69) is 5.32 Å². The van der Waals surface area contributed by atoms with Crippen LogP contribution in [-0.4, -0.2) is 66.3 Å². The fourth-order valence-electron chi connectivity index (χ4n) is 3.90. The third-order valence-electron chi connectivity index (χ3n) is 5.26. The van der Waals surface area contributed by atoms with Gasteiger partial charge >= 0.3 is 0 Å². The summed E-state index contributed by atoms with van der Waals surface area (Å²) < 4.78 is 5.28. The molecule has 2 aliphatic heterocycles. The highest BCUT2D eigenvalue weighted by molar-refractivity contribution is 6.31. The van der Waals surface area contributed by atoms with Gasteiger partial charge < -0.3 is 19.9 Å². The third-order valence-corrected chi connectivity index (χ3v) is 5.50. The van der Waals surface area contributed by atoms with E-state index in [0.717, 1.165) is 19.4 Å². The lowest BCUT2D eigenvalue weighted by atomic mass is 10.1. The first-order valence-corrected chi connectivity index (χ1v) is 10.0. The number of hydrogen-bond donors (Lipinski definition) is 1. The number of amides is 3. The van der Waals surface area contributed by atoms with Crippen molar-refractivity contribution in [2.45, 2.75) is 44.7 Å². The largest absolute Gasteiger partial charge is 0.496 e. The number of carbonyl (C=O) groups excluding carboxylic acids is 3. The van der Waals surface area contributed by atoms with Gasteiger partial charge in [0.15, 0.2) is 0 Å². The first-order chi connectivity index (χ1) is 13.4. The highest BCUT2D eigenvalue weighted by Crippen LogP contribution is 2.27. The van der Waals surface area contributed by atoms with E-state index >= 15 is 0 Å². The minimum atomic E-state index is -0.534. The normalized spacial score (nSPS) is 20.4. The molecule has 3 rings (SSSR count). The van der Waals surface area contributed by atoms with Crippen LogP contribution < -0.4 is 10.1 Å². The van der Waals surface area contributed by atoms with Crippen molar-refractivity contribution in [1.82, 2.24) is 15.1 Å². The second-order valence-electron chi connectivity index (χ2n) is 7.35. The Morgan fingerprint density at radius 2 is 2.11 bits per heavy atom. The van der Waals surface area contributed by atoms with Crippen molar-refractivity contribution in [2.75, 3.05) is 26.7 Å². The number of hydrogen-bond acceptors (Lipinski definition) is 4. The second kappa shape index (κ2) is 8.82.